The fourth-order valence-corrected chi connectivity index (χ4v) is 5.11. The molecule has 1 aromatic carbocycles. The van der Waals surface area contributed by atoms with E-state index < -0.39 is 10.0 Å². The second-order valence-electron chi connectivity index (χ2n) is 6.89. The average Bonchev–Trinajstić information content (AvgIpc) is 3.10. The van der Waals surface area contributed by atoms with Gasteiger partial charge >= 0.3 is 0 Å². The summed E-state index contributed by atoms with van der Waals surface area (Å²) in [7, 11) is -3.72. The number of rotatable bonds is 8. The number of benzene rings is 1. The number of amides is 1. The van der Waals surface area contributed by atoms with Crippen LogP contribution in [0.25, 0.3) is 0 Å². The summed E-state index contributed by atoms with van der Waals surface area (Å²) in [6.45, 7) is 7.45. The van der Waals surface area contributed by atoms with Crippen LogP contribution in [-0.4, -0.2) is 74.7 Å². The number of sulfonamides is 1. The summed E-state index contributed by atoms with van der Waals surface area (Å²) < 4.78 is 43.3. The molecule has 0 saturated carbocycles. The van der Waals surface area contributed by atoms with Gasteiger partial charge in [-0.3, -0.25) is 4.79 Å². The third-order valence-corrected chi connectivity index (χ3v) is 7.04. The maximum absolute atomic E-state index is 13.0. The Bertz CT molecular complexity index is 961. The van der Waals surface area contributed by atoms with E-state index in [1.54, 1.807) is 43.0 Å². The largest absolute Gasteiger partial charge is 0.490 e. The van der Waals surface area contributed by atoms with Gasteiger partial charge < -0.3 is 18.9 Å². The lowest BCUT2D eigenvalue weighted by Gasteiger charge is -2.34. The van der Waals surface area contributed by atoms with Gasteiger partial charge in [-0.1, -0.05) is 17.3 Å². The summed E-state index contributed by atoms with van der Waals surface area (Å²) >= 11 is 0. The molecule has 2 aromatic rings. The van der Waals surface area contributed by atoms with Crippen molar-refractivity contribution in [3.63, 3.8) is 0 Å². The standard InChI is InChI=1S/C20H27N3O6S/c1-4-27-13-14-28-18-8-6-5-7-17(18)20(24)22-9-11-23(12-10-22)30(25,26)19-15(2)21-29-16(19)3/h5-8H,4,9-14H2,1-3H3. The highest BCUT2D eigenvalue weighted by molar-refractivity contribution is 7.89. The second-order valence-corrected chi connectivity index (χ2v) is 8.77. The average molecular weight is 438 g/mol. The minimum atomic E-state index is -3.72. The molecule has 164 valence electrons. The van der Waals surface area contributed by atoms with Crippen LogP contribution < -0.4 is 4.74 Å². The molecule has 0 spiro atoms. The zero-order valence-corrected chi connectivity index (χ0v) is 18.3. The van der Waals surface area contributed by atoms with Gasteiger partial charge in [0.05, 0.1) is 12.2 Å². The van der Waals surface area contributed by atoms with Crippen LogP contribution >= 0.6 is 0 Å². The zero-order chi connectivity index (χ0) is 21.7. The Hall–Kier alpha value is -2.43. The van der Waals surface area contributed by atoms with Crippen molar-refractivity contribution in [2.24, 2.45) is 0 Å². The van der Waals surface area contributed by atoms with Crippen molar-refractivity contribution in [1.29, 1.82) is 0 Å². The first kappa shape index (κ1) is 22.3. The van der Waals surface area contributed by atoms with Crippen LogP contribution in [0.2, 0.25) is 0 Å². The molecule has 1 saturated heterocycles. The van der Waals surface area contributed by atoms with Crippen molar-refractivity contribution in [3.8, 4) is 5.75 Å². The maximum atomic E-state index is 13.0. The Labute approximate surface area is 176 Å². The molecule has 0 atom stereocenters. The van der Waals surface area contributed by atoms with Crippen LogP contribution in [0.5, 0.6) is 5.75 Å². The second kappa shape index (κ2) is 9.59. The van der Waals surface area contributed by atoms with Gasteiger partial charge in [-0.05, 0) is 32.9 Å². The lowest BCUT2D eigenvalue weighted by molar-refractivity contribution is 0.0688. The normalized spacial score (nSPS) is 15.4. The smallest absolute Gasteiger partial charge is 0.257 e. The molecule has 1 aliphatic heterocycles. The third-order valence-electron chi connectivity index (χ3n) is 4.90. The number of hydrogen-bond donors (Lipinski definition) is 0. The molecule has 0 radical (unpaired) electrons. The molecule has 30 heavy (non-hydrogen) atoms. The first-order chi connectivity index (χ1) is 14.4. The fraction of sp³-hybridized carbons (Fsp3) is 0.500. The van der Waals surface area contributed by atoms with Gasteiger partial charge in [-0.15, -0.1) is 0 Å². The minimum Gasteiger partial charge on any atom is -0.490 e. The van der Waals surface area contributed by atoms with Gasteiger partial charge in [0, 0.05) is 32.8 Å². The van der Waals surface area contributed by atoms with E-state index >= 15 is 0 Å². The van der Waals surface area contributed by atoms with Crippen molar-refractivity contribution in [2.75, 3.05) is 46.0 Å². The molecule has 0 unspecified atom stereocenters. The Balaban J connectivity index is 1.66. The fourth-order valence-electron chi connectivity index (χ4n) is 3.40. The molecule has 0 aliphatic carbocycles. The predicted octanol–water partition coefficient (Wildman–Crippen LogP) is 1.85. The molecule has 0 bridgehead atoms. The van der Waals surface area contributed by atoms with E-state index in [4.69, 9.17) is 14.0 Å². The van der Waals surface area contributed by atoms with E-state index in [1.807, 2.05) is 6.92 Å². The van der Waals surface area contributed by atoms with Crippen LogP contribution in [0.3, 0.4) is 0 Å². The summed E-state index contributed by atoms with van der Waals surface area (Å²) in [6, 6.07) is 7.05. The number of ether oxygens (including phenoxy) is 2. The predicted molar refractivity (Wildman–Crippen MR) is 109 cm³/mol. The first-order valence-electron chi connectivity index (χ1n) is 9.88. The summed E-state index contributed by atoms with van der Waals surface area (Å²) in [6.07, 6.45) is 0. The Kier molecular flexibility index (Phi) is 7.11. The highest BCUT2D eigenvalue weighted by Crippen LogP contribution is 2.25. The van der Waals surface area contributed by atoms with Gasteiger partial charge in [0.15, 0.2) is 5.76 Å². The molecule has 1 aromatic heterocycles. The molecular formula is C20H27N3O6S. The van der Waals surface area contributed by atoms with E-state index in [0.717, 1.165) is 0 Å². The third kappa shape index (κ3) is 4.66. The van der Waals surface area contributed by atoms with Crippen molar-refractivity contribution >= 4 is 15.9 Å². The summed E-state index contributed by atoms with van der Waals surface area (Å²) in [4.78, 5) is 14.8. The number of carbonyl (C=O) groups excluding carboxylic acids is 1. The molecule has 1 amide bonds. The molecule has 10 heteroatoms. The van der Waals surface area contributed by atoms with Gasteiger partial charge in [-0.25, -0.2) is 8.42 Å². The summed E-state index contributed by atoms with van der Waals surface area (Å²) in [5, 5.41) is 3.74. The van der Waals surface area contributed by atoms with E-state index in [9.17, 15) is 13.2 Å². The van der Waals surface area contributed by atoms with E-state index in [1.165, 1.54) is 4.31 Å². The van der Waals surface area contributed by atoms with Gasteiger partial charge in [-0.2, -0.15) is 4.31 Å². The molecule has 2 heterocycles. The number of aryl methyl sites for hydroxylation is 2. The number of nitrogens with zero attached hydrogens (tertiary/aromatic N) is 3. The monoisotopic (exact) mass is 437 g/mol. The molecular weight excluding hydrogens is 410 g/mol. The van der Waals surface area contributed by atoms with Crippen molar-refractivity contribution < 1.29 is 27.2 Å². The van der Waals surface area contributed by atoms with E-state index in [-0.39, 0.29) is 42.7 Å². The molecule has 9 nitrogen and oxygen atoms in total. The highest BCUT2D eigenvalue weighted by Gasteiger charge is 2.34. The van der Waals surface area contributed by atoms with E-state index in [0.29, 0.717) is 36.8 Å². The quantitative estimate of drug-likeness (QED) is 0.581. The number of aromatic nitrogens is 1. The summed E-state index contributed by atoms with van der Waals surface area (Å²) in [5.41, 5.74) is 0.792. The topological polar surface area (TPSA) is 102 Å². The number of piperazine rings is 1. The lowest BCUT2D eigenvalue weighted by atomic mass is 10.1. The van der Waals surface area contributed by atoms with Crippen LogP contribution in [0.15, 0.2) is 33.7 Å². The number of para-hydroxylation sites is 1. The van der Waals surface area contributed by atoms with Crippen molar-refractivity contribution in [3.05, 3.63) is 41.3 Å². The highest BCUT2D eigenvalue weighted by atomic mass is 32.2. The van der Waals surface area contributed by atoms with Gasteiger partial charge in [0.1, 0.15) is 22.9 Å². The number of carbonyl (C=O) groups is 1. The van der Waals surface area contributed by atoms with Crippen LogP contribution in [0.4, 0.5) is 0 Å². The molecule has 3 rings (SSSR count). The van der Waals surface area contributed by atoms with Crippen molar-refractivity contribution in [2.45, 2.75) is 25.7 Å². The van der Waals surface area contributed by atoms with Crippen LogP contribution in [-0.2, 0) is 14.8 Å². The lowest BCUT2D eigenvalue weighted by Crippen LogP contribution is -2.50. The van der Waals surface area contributed by atoms with Gasteiger partial charge in [0.25, 0.3) is 5.91 Å². The molecule has 1 fully saturated rings. The zero-order valence-electron chi connectivity index (χ0n) is 17.5. The van der Waals surface area contributed by atoms with Crippen LogP contribution in [0.1, 0.15) is 28.7 Å². The Morgan fingerprint density at radius 3 is 2.47 bits per heavy atom. The minimum absolute atomic E-state index is 0.107. The Morgan fingerprint density at radius 2 is 1.83 bits per heavy atom. The Morgan fingerprint density at radius 1 is 1.13 bits per heavy atom. The SMILES string of the molecule is CCOCCOc1ccccc1C(=O)N1CCN(S(=O)(=O)c2c(C)noc2C)CC1. The molecule has 0 N–H and O–H groups in total. The first-order valence-corrected chi connectivity index (χ1v) is 11.3. The maximum Gasteiger partial charge on any atom is 0.257 e. The number of hydrogen-bond acceptors (Lipinski definition) is 7. The van der Waals surface area contributed by atoms with Gasteiger partial charge in [0.2, 0.25) is 10.0 Å². The van der Waals surface area contributed by atoms with Crippen LogP contribution in [0, 0.1) is 13.8 Å². The van der Waals surface area contributed by atoms with E-state index in [2.05, 4.69) is 5.16 Å². The molecule has 1 aliphatic rings. The summed E-state index contributed by atoms with van der Waals surface area (Å²) in [5.74, 6) is 0.577. The van der Waals surface area contributed by atoms with Crippen molar-refractivity contribution in [1.82, 2.24) is 14.4 Å².